The molecule has 0 radical (unpaired) electrons. The van der Waals surface area contributed by atoms with Gasteiger partial charge < -0.3 is 13.9 Å². The van der Waals surface area contributed by atoms with E-state index < -0.39 is 58.5 Å². The number of unbranched alkanes of at least 4 members (excludes halogenated alkanes) is 2. The molecule has 0 N–H and O–H groups in total. The number of halogens is 14. The maximum atomic E-state index is 14.7. The summed E-state index contributed by atoms with van der Waals surface area (Å²) in [6, 6.07) is 22.2. The van der Waals surface area contributed by atoms with Gasteiger partial charge in [0.25, 0.3) is 0 Å². The SMILES string of the molecule is C=CC(CCCCOc1ccc2cc(C3=CC(F)=C([C-](I)I)C(F)C3)ccc2c1)CCCCOC1CCC2CC(c3cc(F)c([C-](I)I)c(F)c3)CCC2C1.Fc1c[c-]cc(F)c1F.Fc1c[c-]cc(F)c1F.[U+2].[U+2]. The fraction of sp³-hybridized carbons (Fsp3) is 0.368. The van der Waals surface area contributed by atoms with E-state index in [4.69, 9.17) is 9.47 Å². The second-order valence-corrected chi connectivity index (χ2v) is 26.8. The maximum Gasteiger partial charge on any atom is 2.00 e. The molecule has 6 unspecified atom stereocenters. The van der Waals surface area contributed by atoms with Gasteiger partial charge in [0.05, 0.1) is 24.3 Å². The van der Waals surface area contributed by atoms with E-state index in [2.05, 4.69) is 24.8 Å². The molecule has 2 saturated carbocycles. The summed E-state index contributed by atoms with van der Waals surface area (Å²) >= 11 is 7.90. The number of benzene rings is 5. The molecule has 2 fully saturated rings. The number of hydrogen-bond acceptors (Lipinski definition) is 2. The molecule has 0 aliphatic heterocycles. The Morgan fingerprint density at radius 2 is 1.19 bits per heavy atom. The van der Waals surface area contributed by atoms with E-state index in [-0.39, 0.29) is 85.7 Å². The average molecular weight is 1940 g/mol. The van der Waals surface area contributed by atoms with Crippen LogP contribution >= 0.6 is 90.4 Å². The number of hydrogen-bond donors (Lipinski definition) is 0. The second-order valence-electron chi connectivity index (χ2n) is 18.3. The van der Waals surface area contributed by atoms with Crippen molar-refractivity contribution in [3.05, 3.63) is 182 Å². The number of ether oxygens (including phenoxy) is 2. The minimum Gasteiger partial charge on any atom is -0.494 e. The minimum absolute atomic E-state index is 0. The van der Waals surface area contributed by atoms with Crippen molar-refractivity contribution in [2.75, 3.05) is 13.2 Å². The van der Waals surface area contributed by atoms with Crippen LogP contribution in [0.3, 0.4) is 0 Å². The molecule has 0 amide bonds. The molecule has 6 atom stereocenters. The molecule has 0 bridgehead atoms. The molecule has 0 spiro atoms. The topological polar surface area (TPSA) is 18.5 Å². The van der Waals surface area contributed by atoms with Crippen molar-refractivity contribution >= 4 is 107 Å². The van der Waals surface area contributed by atoms with Crippen LogP contribution in [0.4, 0.5) is 43.9 Å². The smallest absolute Gasteiger partial charge is 0.494 e. The Morgan fingerprint density at radius 1 is 0.640 bits per heavy atom. The van der Waals surface area contributed by atoms with Crippen LogP contribution in [0.1, 0.15) is 106 Å². The zero-order valence-electron chi connectivity index (χ0n) is 40.5. The molecular formula is C57H52F10I4O2U2. The van der Waals surface area contributed by atoms with E-state index in [0.717, 1.165) is 136 Å². The third-order valence-corrected chi connectivity index (χ3v) is 15.8. The molecule has 8 rings (SSSR count). The normalized spacial score (nSPS) is 19.4. The van der Waals surface area contributed by atoms with E-state index in [9.17, 15) is 43.9 Å². The summed E-state index contributed by atoms with van der Waals surface area (Å²) in [4.78, 5) is 0. The first-order valence-electron chi connectivity index (χ1n) is 24.0. The monoisotopic (exact) mass is 1940 g/mol. The van der Waals surface area contributed by atoms with E-state index >= 15 is 0 Å². The Morgan fingerprint density at radius 3 is 1.73 bits per heavy atom. The zero-order chi connectivity index (χ0) is 52.8. The third-order valence-electron chi connectivity index (χ3n) is 13.5. The molecule has 398 valence electrons. The summed E-state index contributed by atoms with van der Waals surface area (Å²) in [5, 5.41) is 2.05. The number of fused-ring (bicyclic) bond motifs is 2. The number of alkyl halides is 1. The molecule has 18 heteroatoms. The largest absolute Gasteiger partial charge is 2.00 e. The summed E-state index contributed by atoms with van der Waals surface area (Å²) in [5.41, 5.74) is 2.59. The Kier molecular flexibility index (Phi) is 29.8. The molecule has 3 aliphatic rings. The van der Waals surface area contributed by atoms with Gasteiger partial charge in [-0.15, -0.1) is 87.7 Å². The Hall–Kier alpha value is -0.596. The number of rotatable bonds is 17. The first kappa shape index (κ1) is 66.9. The summed E-state index contributed by atoms with van der Waals surface area (Å²) in [5.74, 6) is -6.31. The Bertz CT molecular complexity index is 2600. The molecule has 2 nitrogen and oxygen atoms in total. The fourth-order valence-electron chi connectivity index (χ4n) is 9.66. The molecule has 5 aromatic rings. The predicted molar refractivity (Wildman–Crippen MR) is 302 cm³/mol. The van der Waals surface area contributed by atoms with E-state index in [0.29, 0.717) is 39.9 Å². The first-order chi connectivity index (χ1) is 34.9. The summed E-state index contributed by atoms with van der Waals surface area (Å²) in [6.45, 7) is 5.55. The fourth-order valence-corrected chi connectivity index (χ4v) is 11.9. The first-order valence-corrected chi connectivity index (χ1v) is 28.3. The van der Waals surface area contributed by atoms with Gasteiger partial charge in [0.2, 0.25) is 0 Å². The van der Waals surface area contributed by atoms with Crippen LogP contribution in [-0.2, 0) is 4.74 Å². The van der Waals surface area contributed by atoms with Crippen molar-refractivity contribution in [2.45, 2.75) is 102 Å². The molecule has 0 aromatic heterocycles. The number of allylic oxidation sites excluding steroid dienone is 5. The van der Waals surface area contributed by atoms with Crippen LogP contribution in [0.5, 0.6) is 5.75 Å². The molecule has 3 aliphatic carbocycles. The van der Waals surface area contributed by atoms with Crippen LogP contribution in [-0.4, -0.2) is 25.5 Å². The van der Waals surface area contributed by atoms with Crippen LogP contribution < -0.4 is 4.74 Å². The van der Waals surface area contributed by atoms with Gasteiger partial charge in [0.1, 0.15) is 11.9 Å². The van der Waals surface area contributed by atoms with Gasteiger partial charge in [-0.1, -0.05) is 61.5 Å². The van der Waals surface area contributed by atoms with Gasteiger partial charge in [0, 0.05) is 47.9 Å². The Balaban J connectivity index is 0.000000511. The molecule has 0 saturated heterocycles. The van der Waals surface area contributed by atoms with Crippen molar-refractivity contribution in [3.8, 4) is 5.75 Å². The van der Waals surface area contributed by atoms with Crippen molar-refractivity contribution in [3.63, 3.8) is 0 Å². The average Bonchev–Trinajstić information content (AvgIpc) is 3.35. The maximum absolute atomic E-state index is 14.7. The standard InChI is InChI=1S/C45H48F4I4O2.2C6H2F3.2U/c1-2-27(7-3-5-17-54-36-15-13-28-19-30(9-11-32(28)21-36)34-23-38(46)42(44(50)51)39(47)24-34)8-4-6-18-55-37-16-14-29-20-31(10-12-33(29)22-37)35-25-40(48)43(45(52)53)41(49)26-35;2*7-4-2-1-3-5(8)6(4)9;;/h2,9,11,13,15,19,21,23,25-27,29,31,33,37,39H,1,3-8,10,12,14,16-18,20,22,24H2;2*2-3H;;/q-2;2*-1;2*+2. The third kappa shape index (κ3) is 19.8. The predicted octanol–water partition coefficient (Wildman–Crippen LogP) is 19.6. The van der Waals surface area contributed by atoms with Crippen LogP contribution in [0.15, 0.2) is 103 Å². The quantitative estimate of drug-likeness (QED) is 0.0231. The molecule has 75 heavy (non-hydrogen) atoms. The van der Waals surface area contributed by atoms with Gasteiger partial charge in [-0.05, 0) is 137 Å². The summed E-state index contributed by atoms with van der Waals surface area (Å²) in [6.07, 6.45) is 15.6. The van der Waals surface area contributed by atoms with Gasteiger partial charge in [-0.3, -0.25) is 26.3 Å². The van der Waals surface area contributed by atoms with Crippen molar-refractivity contribution in [1.82, 2.24) is 0 Å². The van der Waals surface area contributed by atoms with Gasteiger partial charge in [-0.25, -0.2) is 13.2 Å². The van der Waals surface area contributed by atoms with Gasteiger partial charge in [0.15, 0.2) is 0 Å². The molecule has 5 aromatic carbocycles. The van der Waals surface area contributed by atoms with E-state index in [1.54, 1.807) is 12.1 Å². The van der Waals surface area contributed by atoms with Crippen LogP contribution in [0.2, 0.25) is 0 Å². The zero-order valence-corrected chi connectivity index (χ0v) is 57.4. The molecule has 0 heterocycles. The van der Waals surface area contributed by atoms with E-state index in [1.165, 1.54) is 6.08 Å². The van der Waals surface area contributed by atoms with E-state index in [1.807, 2.05) is 127 Å². The minimum atomic E-state index is -1.45. The molecular weight excluding hydrogens is 1890 g/mol. The van der Waals surface area contributed by atoms with Crippen molar-refractivity contribution < 1.29 is 116 Å². The summed E-state index contributed by atoms with van der Waals surface area (Å²) < 4.78 is 144. The van der Waals surface area contributed by atoms with Crippen molar-refractivity contribution in [2.24, 2.45) is 17.8 Å². The van der Waals surface area contributed by atoms with Crippen LogP contribution in [0.25, 0.3) is 16.3 Å². The van der Waals surface area contributed by atoms with Crippen molar-refractivity contribution in [1.29, 1.82) is 0 Å². The summed E-state index contributed by atoms with van der Waals surface area (Å²) in [7, 11) is 0. The second kappa shape index (κ2) is 33.4. The van der Waals surface area contributed by atoms with Gasteiger partial charge >= 0.3 is 62.2 Å². The van der Waals surface area contributed by atoms with Crippen LogP contribution in [0, 0.1) is 143 Å². The van der Waals surface area contributed by atoms with Gasteiger partial charge in [-0.2, -0.15) is 57.3 Å². The Labute approximate surface area is 535 Å².